The highest BCUT2D eigenvalue weighted by atomic mass is 31.1. The molecule has 0 aliphatic carbocycles. The highest BCUT2D eigenvalue weighted by molar-refractivity contribution is 7.47. The van der Waals surface area contributed by atoms with Crippen molar-refractivity contribution in [2.24, 2.45) is 0 Å². The zero-order valence-electron chi connectivity index (χ0n) is 23.9. The van der Waals surface area contributed by atoms with Gasteiger partial charge in [-0.25, -0.2) is 0 Å². The molecule has 0 amide bonds. The first-order valence-electron chi connectivity index (χ1n) is 14.5. The van der Waals surface area contributed by atoms with Crippen LogP contribution in [0.1, 0.15) is 101 Å². The minimum atomic E-state index is -2.50. The number of benzene rings is 3. The Hall–Kier alpha value is -2.28. The molecule has 1 atom stereocenters. The van der Waals surface area contributed by atoms with E-state index in [2.05, 4.69) is 71.9 Å². The van der Waals surface area contributed by atoms with Crippen molar-refractivity contribution < 1.29 is 9.46 Å². The third-order valence-electron chi connectivity index (χ3n) is 7.83. The van der Waals surface area contributed by atoms with Crippen molar-refractivity contribution in [3.05, 3.63) is 75.8 Å². The first kappa shape index (κ1) is 29.3. The summed E-state index contributed by atoms with van der Waals surface area (Å²) in [6.45, 7) is 13.4. The predicted molar refractivity (Wildman–Crippen MR) is 162 cm³/mol. The number of aryl methyl sites for hydroxylation is 4. The van der Waals surface area contributed by atoms with Crippen LogP contribution in [0, 0.1) is 0 Å². The van der Waals surface area contributed by atoms with Crippen LogP contribution in [0.25, 0.3) is 22.3 Å². The lowest BCUT2D eigenvalue weighted by molar-refractivity contribution is 0.513. The SMILES string of the molecule is CCCCc1ccc(CC)c(-c2cccc([P+](=O)O)c2-c2c(CC)ccc(CCCC)c2CC)c1CC. The van der Waals surface area contributed by atoms with Gasteiger partial charge in [-0.15, -0.1) is 0 Å². The smallest absolute Gasteiger partial charge is 0.156 e. The molecule has 2 nitrogen and oxygen atoms in total. The molecule has 0 aliphatic heterocycles. The second-order valence-electron chi connectivity index (χ2n) is 10.1. The van der Waals surface area contributed by atoms with Gasteiger partial charge in [0.2, 0.25) is 5.30 Å². The molecule has 0 bridgehead atoms. The molecule has 1 unspecified atom stereocenters. The van der Waals surface area contributed by atoms with Crippen LogP contribution >= 0.6 is 8.03 Å². The second kappa shape index (κ2) is 14.0. The molecule has 0 aliphatic rings. The van der Waals surface area contributed by atoms with Crippen molar-refractivity contribution in [2.45, 2.75) is 106 Å². The minimum absolute atomic E-state index is 0.563. The Balaban J connectivity index is 2.49. The molecule has 0 fully saturated rings. The maximum Gasteiger partial charge on any atom is 0.546 e. The lowest BCUT2D eigenvalue weighted by Gasteiger charge is -2.23. The van der Waals surface area contributed by atoms with Gasteiger partial charge in [0, 0.05) is 5.56 Å². The van der Waals surface area contributed by atoms with Crippen molar-refractivity contribution in [2.75, 3.05) is 0 Å². The fourth-order valence-electron chi connectivity index (χ4n) is 5.90. The van der Waals surface area contributed by atoms with Gasteiger partial charge in [-0.05, 0) is 112 Å². The summed E-state index contributed by atoms with van der Waals surface area (Å²) in [5.41, 5.74) is 12.7. The summed E-state index contributed by atoms with van der Waals surface area (Å²) in [6.07, 6.45) is 10.5. The highest BCUT2D eigenvalue weighted by Crippen LogP contribution is 2.43. The van der Waals surface area contributed by atoms with Gasteiger partial charge in [-0.1, -0.05) is 90.8 Å². The Labute approximate surface area is 226 Å². The van der Waals surface area contributed by atoms with Gasteiger partial charge in [0.1, 0.15) is 0 Å². The first-order chi connectivity index (χ1) is 18.0. The van der Waals surface area contributed by atoms with E-state index in [0.717, 1.165) is 62.5 Å². The van der Waals surface area contributed by atoms with E-state index in [1.165, 1.54) is 57.3 Å². The quantitative estimate of drug-likeness (QED) is 0.229. The van der Waals surface area contributed by atoms with Crippen LogP contribution in [0.2, 0.25) is 0 Å². The van der Waals surface area contributed by atoms with Crippen LogP contribution in [0.5, 0.6) is 0 Å². The molecule has 0 spiro atoms. The fraction of sp³-hybridized carbons (Fsp3) is 0.471. The van der Waals surface area contributed by atoms with Gasteiger partial charge >= 0.3 is 8.03 Å². The van der Waals surface area contributed by atoms with Crippen LogP contribution in [-0.4, -0.2) is 4.89 Å². The van der Waals surface area contributed by atoms with E-state index in [1.807, 2.05) is 12.1 Å². The molecule has 0 radical (unpaired) electrons. The summed E-state index contributed by atoms with van der Waals surface area (Å²) >= 11 is 0. The van der Waals surface area contributed by atoms with Gasteiger partial charge in [0.05, 0.1) is 0 Å². The zero-order chi connectivity index (χ0) is 26.9. The minimum Gasteiger partial charge on any atom is -0.156 e. The molecule has 0 heterocycles. The topological polar surface area (TPSA) is 37.3 Å². The van der Waals surface area contributed by atoms with Crippen molar-refractivity contribution in [1.29, 1.82) is 0 Å². The molecule has 1 N–H and O–H groups in total. The third kappa shape index (κ3) is 6.24. The number of rotatable bonds is 13. The monoisotopic (exact) mass is 517 g/mol. The van der Waals surface area contributed by atoms with Crippen LogP contribution in [0.15, 0.2) is 42.5 Å². The molecule has 3 aromatic carbocycles. The van der Waals surface area contributed by atoms with Gasteiger partial charge in [0.15, 0.2) is 0 Å². The Kier molecular flexibility index (Phi) is 11.1. The first-order valence-corrected chi connectivity index (χ1v) is 15.7. The predicted octanol–water partition coefficient (Wildman–Crippen LogP) is 9.32. The van der Waals surface area contributed by atoms with E-state index >= 15 is 0 Å². The van der Waals surface area contributed by atoms with Gasteiger partial charge in [0.25, 0.3) is 0 Å². The van der Waals surface area contributed by atoms with Crippen molar-refractivity contribution in [1.82, 2.24) is 0 Å². The average molecular weight is 518 g/mol. The number of unbranched alkanes of at least 4 members (excludes halogenated alkanes) is 2. The van der Waals surface area contributed by atoms with E-state index in [-0.39, 0.29) is 0 Å². The maximum absolute atomic E-state index is 12.9. The van der Waals surface area contributed by atoms with E-state index in [0.29, 0.717) is 5.30 Å². The summed E-state index contributed by atoms with van der Waals surface area (Å²) in [6, 6.07) is 15.2. The number of hydrogen-bond acceptors (Lipinski definition) is 1. The normalized spacial score (nSPS) is 11.7. The van der Waals surface area contributed by atoms with Crippen LogP contribution in [0.3, 0.4) is 0 Å². The lowest BCUT2D eigenvalue weighted by atomic mass is 9.80. The van der Waals surface area contributed by atoms with Gasteiger partial charge < -0.3 is 0 Å². The van der Waals surface area contributed by atoms with Crippen molar-refractivity contribution in [3.63, 3.8) is 0 Å². The Morgan fingerprint density at radius 3 is 1.54 bits per heavy atom. The lowest BCUT2D eigenvalue weighted by Crippen LogP contribution is -2.11. The fourth-order valence-corrected chi connectivity index (χ4v) is 6.53. The third-order valence-corrected chi connectivity index (χ3v) is 8.61. The Morgan fingerprint density at radius 2 is 1.08 bits per heavy atom. The zero-order valence-corrected chi connectivity index (χ0v) is 24.8. The summed E-state index contributed by atoms with van der Waals surface area (Å²) in [4.78, 5) is 10.6. The molecule has 198 valence electrons. The van der Waals surface area contributed by atoms with Crippen LogP contribution in [0.4, 0.5) is 0 Å². The summed E-state index contributed by atoms with van der Waals surface area (Å²) in [5, 5.41) is 0.563. The average Bonchev–Trinajstić information content (AvgIpc) is 2.93. The summed E-state index contributed by atoms with van der Waals surface area (Å²) in [5.74, 6) is 0. The molecule has 0 saturated heterocycles. The standard InChI is InChI=1S/C34H45O2P/c1-7-13-16-26-22-20-24(9-3)32(28(26)11-5)30-18-15-19-31(37(35)36)34(30)33-25(10-4)21-23-27(17-14-8-2)29(33)12-6/h15,18-23H,7-14,16-17H2,1-6H3/p+1. The van der Waals surface area contributed by atoms with Gasteiger partial charge in [-0.2, -0.15) is 4.89 Å². The molecule has 3 aromatic rings. The van der Waals surface area contributed by atoms with E-state index < -0.39 is 8.03 Å². The van der Waals surface area contributed by atoms with Crippen LogP contribution in [-0.2, 0) is 43.1 Å². The largest absolute Gasteiger partial charge is 0.546 e. The van der Waals surface area contributed by atoms with Crippen LogP contribution < -0.4 is 5.30 Å². The van der Waals surface area contributed by atoms with E-state index in [1.54, 1.807) is 0 Å². The summed E-state index contributed by atoms with van der Waals surface area (Å²) in [7, 11) is -2.50. The highest BCUT2D eigenvalue weighted by Gasteiger charge is 2.30. The van der Waals surface area contributed by atoms with Crippen molar-refractivity contribution in [3.8, 4) is 22.3 Å². The molecule has 0 saturated carbocycles. The number of hydrogen-bond donors (Lipinski definition) is 1. The molecular weight excluding hydrogens is 471 g/mol. The van der Waals surface area contributed by atoms with Gasteiger partial charge in [-0.3, -0.25) is 0 Å². The molecule has 3 rings (SSSR count). The maximum atomic E-state index is 12.9. The van der Waals surface area contributed by atoms with Crippen molar-refractivity contribution >= 4 is 13.3 Å². The summed E-state index contributed by atoms with van der Waals surface area (Å²) < 4.78 is 12.9. The Bertz CT molecular complexity index is 1220. The molecular formula is C34H46O2P+. The van der Waals surface area contributed by atoms with E-state index in [4.69, 9.17) is 0 Å². The molecule has 3 heteroatoms. The second-order valence-corrected chi connectivity index (χ2v) is 11.1. The Morgan fingerprint density at radius 1 is 0.595 bits per heavy atom. The molecule has 37 heavy (non-hydrogen) atoms. The molecule has 0 aromatic heterocycles. The van der Waals surface area contributed by atoms with E-state index in [9.17, 15) is 9.46 Å².